The summed E-state index contributed by atoms with van der Waals surface area (Å²) in [5, 5.41) is 0. The second-order valence-corrected chi connectivity index (χ2v) is 7.37. The molecule has 5 nitrogen and oxygen atoms in total. The van der Waals surface area contributed by atoms with Crippen LogP contribution in [0, 0.1) is 5.92 Å². The van der Waals surface area contributed by atoms with Gasteiger partial charge in [0.25, 0.3) is 0 Å². The van der Waals surface area contributed by atoms with E-state index in [1.807, 2.05) is 13.8 Å². The highest BCUT2D eigenvalue weighted by Crippen LogP contribution is 2.35. The molecule has 20 heavy (non-hydrogen) atoms. The fourth-order valence-corrected chi connectivity index (χ4v) is 4.06. The highest BCUT2D eigenvalue weighted by Gasteiger charge is 2.20. The first-order chi connectivity index (χ1) is 9.41. The van der Waals surface area contributed by atoms with Crippen LogP contribution in [0.15, 0.2) is 12.1 Å². The van der Waals surface area contributed by atoms with Gasteiger partial charge in [-0.25, -0.2) is 8.42 Å². The summed E-state index contributed by atoms with van der Waals surface area (Å²) in [6.45, 7) is 4.87. The van der Waals surface area contributed by atoms with Gasteiger partial charge in [-0.1, -0.05) is 20.3 Å². The molecule has 1 aliphatic rings. The van der Waals surface area contributed by atoms with Gasteiger partial charge < -0.3 is 15.2 Å². The number of ether oxygens (including phenoxy) is 2. The lowest BCUT2D eigenvalue weighted by Gasteiger charge is -2.20. The van der Waals surface area contributed by atoms with Crippen molar-refractivity contribution in [3.05, 3.63) is 17.7 Å². The van der Waals surface area contributed by atoms with Gasteiger partial charge in [0.05, 0.1) is 11.5 Å². The molecule has 1 unspecified atom stereocenters. The molecule has 1 atom stereocenters. The highest BCUT2D eigenvalue weighted by molar-refractivity contribution is 7.90. The Morgan fingerprint density at radius 1 is 1.25 bits per heavy atom. The minimum Gasteiger partial charge on any atom is -0.486 e. The van der Waals surface area contributed by atoms with Crippen LogP contribution >= 0.6 is 0 Å². The summed E-state index contributed by atoms with van der Waals surface area (Å²) in [5.41, 5.74) is 6.93. The molecular weight excluding hydrogens is 278 g/mol. The zero-order valence-electron chi connectivity index (χ0n) is 11.9. The molecule has 0 saturated carbocycles. The Kier molecular flexibility index (Phi) is 4.42. The zero-order chi connectivity index (χ0) is 14.8. The van der Waals surface area contributed by atoms with Crippen LogP contribution in [0.25, 0.3) is 0 Å². The standard InChI is InChI=1S/C14H21NO4S/c1-3-10(2)8-20(16,17)9-11-6-13-14(7-12(11)15)19-5-4-18-13/h6-7,10H,3-5,8-9,15H2,1-2H3. The van der Waals surface area contributed by atoms with E-state index < -0.39 is 9.84 Å². The Morgan fingerprint density at radius 2 is 1.85 bits per heavy atom. The summed E-state index contributed by atoms with van der Waals surface area (Å²) in [7, 11) is -3.17. The average Bonchev–Trinajstić information content (AvgIpc) is 2.38. The molecule has 1 aromatic rings. The van der Waals surface area contributed by atoms with Gasteiger partial charge in [-0.3, -0.25) is 0 Å². The van der Waals surface area contributed by atoms with Crippen molar-refractivity contribution in [2.75, 3.05) is 24.7 Å². The molecule has 0 spiro atoms. The monoisotopic (exact) mass is 299 g/mol. The number of nitrogen functional groups attached to an aromatic ring is 1. The quantitative estimate of drug-likeness (QED) is 0.841. The molecule has 1 aliphatic heterocycles. The maximum Gasteiger partial charge on any atom is 0.163 e. The number of rotatable bonds is 5. The van der Waals surface area contributed by atoms with E-state index in [1.165, 1.54) is 0 Å². The van der Waals surface area contributed by atoms with Crippen molar-refractivity contribution in [1.29, 1.82) is 0 Å². The van der Waals surface area contributed by atoms with Crippen LogP contribution in [0.3, 0.4) is 0 Å². The molecule has 2 rings (SSSR count). The molecule has 0 aromatic heterocycles. The van der Waals surface area contributed by atoms with E-state index in [0.717, 1.165) is 6.42 Å². The third-order valence-corrected chi connectivity index (χ3v) is 5.24. The number of benzene rings is 1. The molecule has 0 aliphatic carbocycles. The molecule has 0 amide bonds. The molecule has 0 bridgehead atoms. The predicted molar refractivity (Wildman–Crippen MR) is 78.8 cm³/mol. The summed E-state index contributed by atoms with van der Waals surface area (Å²) in [6, 6.07) is 3.32. The summed E-state index contributed by atoms with van der Waals surface area (Å²) >= 11 is 0. The highest BCUT2D eigenvalue weighted by atomic mass is 32.2. The summed E-state index contributed by atoms with van der Waals surface area (Å²) < 4.78 is 35.2. The van der Waals surface area contributed by atoms with Crippen LogP contribution in [0.2, 0.25) is 0 Å². The smallest absolute Gasteiger partial charge is 0.163 e. The Bertz CT molecular complexity index is 583. The fraction of sp³-hybridized carbons (Fsp3) is 0.571. The lowest BCUT2D eigenvalue weighted by Crippen LogP contribution is -2.18. The number of sulfone groups is 1. The van der Waals surface area contributed by atoms with E-state index >= 15 is 0 Å². The number of fused-ring (bicyclic) bond motifs is 1. The second kappa shape index (κ2) is 5.91. The van der Waals surface area contributed by atoms with Crippen molar-refractivity contribution in [3.63, 3.8) is 0 Å². The largest absolute Gasteiger partial charge is 0.486 e. The lowest BCUT2D eigenvalue weighted by atomic mass is 10.1. The Labute approximate surface area is 120 Å². The summed E-state index contributed by atoms with van der Waals surface area (Å²) in [4.78, 5) is 0. The Hall–Kier alpha value is -1.43. The van der Waals surface area contributed by atoms with Gasteiger partial charge in [0.2, 0.25) is 0 Å². The van der Waals surface area contributed by atoms with Crippen molar-refractivity contribution in [3.8, 4) is 11.5 Å². The predicted octanol–water partition coefficient (Wildman–Crippen LogP) is 2.00. The van der Waals surface area contributed by atoms with Crippen LogP contribution in [0.4, 0.5) is 5.69 Å². The third kappa shape index (κ3) is 3.56. The molecule has 0 radical (unpaired) electrons. The van der Waals surface area contributed by atoms with Crippen molar-refractivity contribution in [1.82, 2.24) is 0 Å². The Morgan fingerprint density at radius 3 is 2.45 bits per heavy atom. The van der Waals surface area contributed by atoms with Crippen molar-refractivity contribution < 1.29 is 17.9 Å². The van der Waals surface area contributed by atoms with Crippen molar-refractivity contribution in [2.45, 2.75) is 26.0 Å². The zero-order valence-corrected chi connectivity index (χ0v) is 12.7. The molecule has 6 heteroatoms. The molecular formula is C14H21NO4S. The van der Waals surface area contributed by atoms with Gasteiger partial charge in [0.1, 0.15) is 13.2 Å². The molecule has 112 valence electrons. The molecule has 1 aromatic carbocycles. The lowest BCUT2D eigenvalue weighted by molar-refractivity contribution is 0.171. The third-order valence-electron chi connectivity index (χ3n) is 3.41. The summed E-state index contributed by atoms with van der Waals surface area (Å²) in [5.74, 6) is 1.42. The maximum absolute atomic E-state index is 12.2. The van der Waals surface area contributed by atoms with Crippen LogP contribution in [0.5, 0.6) is 11.5 Å². The normalized spacial score (nSPS) is 15.9. The van der Waals surface area contributed by atoms with Gasteiger partial charge in [0, 0.05) is 11.8 Å². The molecule has 2 N–H and O–H groups in total. The minimum absolute atomic E-state index is 0.0557. The van der Waals surface area contributed by atoms with E-state index in [1.54, 1.807) is 12.1 Å². The van der Waals surface area contributed by atoms with Crippen LogP contribution < -0.4 is 15.2 Å². The van der Waals surface area contributed by atoms with Crippen LogP contribution in [0.1, 0.15) is 25.8 Å². The van der Waals surface area contributed by atoms with Gasteiger partial charge in [0.15, 0.2) is 21.3 Å². The maximum atomic E-state index is 12.2. The number of nitrogens with two attached hydrogens (primary N) is 1. The number of hydrogen-bond donors (Lipinski definition) is 1. The van der Waals surface area contributed by atoms with Gasteiger partial charge in [-0.15, -0.1) is 0 Å². The number of hydrogen-bond acceptors (Lipinski definition) is 5. The first-order valence-corrected chi connectivity index (χ1v) is 8.62. The van der Waals surface area contributed by atoms with E-state index in [9.17, 15) is 8.42 Å². The summed E-state index contributed by atoms with van der Waals surface area (Å²) in [6.07, 6.45) is 0.843. The SMILES string of the molecule is CCC(C)CS(=O)(=O)Cc1cc2c(cc1N)OCCO2. The van der Waals surface area contributed by atoms with Gasteiger partial charge >= 0.3 is 0 Å². The topological polar surface area (TPSA) is 78.6 Å². The van der Waals surface area contributed by atoms with E-state index in [4.69, 9.17) is 15.2 Å². The molecule has 0 saturated heterocycles. The van der Waals surface area contributed by atoms with Crippen LogP contribution in [-0.2, 0) is 15.6 Å². The minimum atomic E-state index is -3.17. The van der Waals surface area contributed by atoms with Crippen LogP contribution in [-0.4, -0.2) is 27.4 Å². The average molecular weight is 299 g/mol. The number of anilines is 1. The second-order valence-electron chi connectivity index (χ2n) is 5.26. The van der Waals surface area contributed by atoms with Gasteiger partial charge in [-0.2, -0.15) is 0 Å². The van der Waals surface area contributed by atoms with Crippen molar-refractivity contribution in [2.24, 2.45) is 5.92 Å². The van der Waals surface area contributed by atoms with E-state index in [2.05, 4.69) is 0 Å². The first kappa shape index (κ1) is 15.0. The Balaban J connectivity index is 2.21. The first-order valence-electron chi connectivity index (χ1n) is 6.79. The van der Waals surface area contributed by atoms with Crippen molar-refractivity contribution >= 4 is 15.5 Å². The molecule has 0 fully saturated rings. The van der Waals surface area contributed by atoms with Gasteiger partial charge in [-0.05, 0) is 17.5 Å². The van der Waals surface area contributed by atoms with E-state index in [-0.39, 0.29) is 17.4 Å². The fourth-order valence-electron chi connectivity index (χ4n) is 2.12. The molecule has 1 heterocycles. The van der Waals surface area contributed by atoms with E-state index in [0.29, 0.717) is 36.0 Å².